The Bertz CT molecular complexity index is 487. The maximum Gasteiger partial charge on any atom is 0.268 e. The van der Waals surface area contributed by atoms with Crippen molar-refractivity contribution in [2.24, 2.45) is 0 Å². The van der Waals surface area contributed by atoms with E-state index in [1.54, 1.807) is 0 Å². The summed E-state index contributed by atoms with van der Waals surface area (Å²) < 4.78 is 0. The highest BCUT2D eigenvalue weighted by molar-refractivity contribution is 7.18. The summed E-state index contributed by atoms with van der Waals surface area (Å²) in [6.07, 6.45) is 3.84. The zero-order chi connectivity index (χ0) is 15.4. The summed E-state index contributed by atoms with van der Waals surface area (Å²) in [6.45, 7) is 3.52. The van der Waals surface area contributed by atoms with E-state index in [0.29, 0.717) is 23.7 Å². The highest BCUT2D eigenvalue weighted by atomic mass is 32.1. The van der Waals surface area contributed by atoms with Gasteiger partial charge in [0.1, 0.15) is 10.7 Å². The molecular weight excluding hydrogens is 288 g/mol. The third-order valence-electron chi connectivity index (χ3n) is 3.97. The lowest BCUT2D eigenvalue weighted by molar-refractivity contribution is 0.0568. The summed E-state index contributed by atoms with van der Waals surface area (Å²) >= 11 is 1.35. The second-order valence-electron chi connectivity index (χ2n) is 5.39. The maximum atomic E-state index is 12.7. The van der Waals surface area contributed by atoms with E-state index in [0.717, 1.165) is 30.9 Å². The number of hydrogen-bond donors (Lipinski definition) is 2. The Balaban J connectivity index is 2.17. The normalized spacial score (nSPS) is 14.8. The summed E-state index contributed by atoms with van der Waals surface area (Å²) in [5, 5.41) is 9.80. The molecule has 1 aromatic rings. The summed E-state index contributed by atoms with van der Waals surface area (Å²) in [5.41, 5.74) is 5.94. The van der Waals surface area contributed by atoms with Gasteiger partial charge >= 0.3 is 0 Å². The van der Waals surface area contributed by atoms with Crippen LogP contribution in [0.4, 0.5) is 10.9 Å². The van der Waals surface area contributed by atoms with Crippen LogP contribution in [0.5, 0.6) is 0 Å². The number of nitrogen functional groups attached to an aromatic ring is 1. The average Bonchev–Trinajstić information content (AvgIpc) is 2.81. The molecule has 0 radical (unpaired) electrons. The Morgan fingerprint density at radius 2 is 2.24 bits per heavy atom. The van der Waals surface area contributed by atoms with E-state index in [-0.39, 0.29) is 18.6 Å². The molecule has 1 aromatic heterocycles. The molecule has 0 spiro atoms. The number of aliphatic hydroxyl groups excluding tert-OH is 1. The zero-order valence-corrected chi connectivity index (χ0v) is 13.5. The minimum atomic E-state index is -0.0427. The van der Waals surface area contributed by atoms with Crippen molar-refractivity contribution in [3.05, 3.63) is 4.88 Å². The Morgan fingerprint density at radius 3 is 2.76 bits per heavy atom. The fourth-order valence-electron chi connectivity index (χ4n) is 2.29. The highest BCUT2D eigenvalue weighted by Crippen LogP contribution is 2.32. The predicted molar refractivity (Wildman–Crippen MR) is 85.8 cm³/mol. The lowest BCUT2D eigenvalue weighted by Gasteiger charge is -2.37. The summed E-state index contributed by atoms with van der Waals surface area (Å²) in [4.78, 5) is 21.4. The van der Waals surface area contributed by atoms with E-state index in [1.165, 1.54) is 11.3 Å². The molecule has 0 bridgehead atoms. The monoisotopic (exact) mass is 312 g/mol. The van der Waals surface area contributed by atoms with Crippen molar-refractivity contribution in [1.82, 2.24) is 9.88 Å². The zero-order valence-electron chi connectivity index (χ0n) is 12.7. The van der Waals surface area contributed by atoms with Gasteiger partial charge in [0.25, 0.3) is 5.91 Å². The molecule has 0 aliphatic heterocycles. The SMILES string of the molecule is CCN(C)c1nc(N)c(C(=O)N(CCCO)C2CCC2)s1. The number of aliphatic hydroxyl groups is 1. The third-order valence-corrected chi connectivity index (χ3v) is 5.14. The number of carbonyl (C=O) groups is 1. The molecule has 1 fully saturated rings. The van der Waals surface area contributed by atoms with Crippen molar-refractivity contribution in [2.45, 2.75) is 38.6 Å². The van der Waals surface area contributed by atoms with Crippen LogP contribution in [-0.2, 0) is 0 Å². The van der Waals surface area contributed by atoms with Crippen LogP contribution in [0.2, 0.25) is 0 Å². The van der Waals surface area contributed by atoms with Crippen LogP contribution < -0.4 is 10.6 Å². The molecule has 0 unspecified atom stereocenters. The van der Waals surface area contributed by atoms with Crippen molar-refractivity contribution in [3.8, 4) is 0 Å². The van der Waals surface area contributed by atoms with E-state index < -0.39 is 0 Å². The number of nitrogens with two attached hydrogens (primary N) is 1. The van der Waals surface area contributed by atoms with E-state index in [9.17, 15) is 4.79 Å². The number of aromatic nitrogens is 1. The quantitative estimate of drug-likeness (QED) is 0.798. The largest absolute Gasteiger partial charge is 0.396 e. The Hall–Kier alpha value is -1.34. The molecule has 2 rings (SSSR count). The first kappa shape index (κ1) is 16.0. The van der Waals surface area contributed by atoms with E-state index >= 15 is 0 Å². The van der Waals surface area contributed by atoms with Gasteiger partial charge in [0.15, 0.2) is 5.13 Å². The molecule has 7 heteroatoms. The van der Waals surface area contributed by atoms with Crippen LogP contribution >= 0.6 is 11.3 Å². The van der Waals surface area contributed by atoms with Crippen LogP contribution in [-0.4, -0.2) is 53.7 Å². The van der Waals surface area contributed by atoms with Gasteiger partial charge in [-0.25, -0.2) is 4.98 Å². The predicted octanol–water partition coefficient (Wildman–Crippen LogP) is 1.56. The van der Waals surface area contributed by atoms with Crippen molar-refractivity contribution >= 4 is 28.2 Å². The molecule has 0 aromatic carbocycles. The van der Waals surface area contributed by atoms with Gasteiger partial charge < -0.3 is 20.6 Å². The lowest BCUT2D eigenvalue weighted by atomic mass is 9.91. The van der Waals surface area contributed by atoms with Crippen LogP contribution in [0, 0.1) is 0 Å². The molecule has 1 heterocycles. The second-order valence-corrected chi connectivity index (χ2v) is 6.36. The van der Waals surface area contributed by atoms with Gasteiger partial charge in [0.2, 0.25) is 0 Å². The molecule has 118 valence electrons. The molecule has 1 aliphatic carbocycles. The maximum absolute atomic E-state index is 12.7. The highest BCUT2D eigenvalue weighted by Gasteiger charge is 2.31. The topological polar surface area (TPSA) is 82.7 Å². The van der Waals surface area contributed by atoms with Crippen molar-refractivity contribution in [3.63, 3.8) is 0 Å². The molecule has 6 nitrogen and oxygen atoms in total. The van der Waals surface area contributed by atoms with E-state index in [2.05, 4.69) is 4.98 Å². The van der Waals surface area contributed by atoms with Crippen molar-refractivity contribution < 1.29 is 9.90 Å². The third kappa shape index (κ3) is 3.47. The number of rotatable bonds is 7. The van der Waals surface area contributed by atoms with E-state index in [1.807, 2.05) is 23.8 Å². The molecule has 0 saturated heterocycles. The molecule has 1 amide bonds. The Morgan fingerprint density at radius 1 is 1.52 bits per heavy atom. The molecule has 0 atom stereocenters. The molecule has 21 heavy (non-hydrogen) atoms. The minimum absolute atomic E-state index is 0.0427. The first-order valence-corrected chi connectivity index (χ1v) is 8.29. The number of amides is 1. The van der Waals surface area contributed by atoms with E-state index in [4.69, 9.17) is 10.8 Å². The number of anilines is 2. The number of nitrogens with zero attached hydrogens (tertiary/aromatic N) is 3. The van der Waals surface area contributed by atoms with Crippen LogP contribution in [0.1, 0.15) is 42.3 Å². The number of carbonyl (C=O) groups excluding carboxylic acids is 1. The van der Waals surface area contributed by atoms with Crippen molar-refractivity contribution in [1.29, 1.82) is 0 Å². The Kier molecular flexibility index (Phi) is 5.41. The standard InChI is InChI=1S/C14H24N4O2S/c1-3-17(2)14-16-12(15)11(21-14)13(20)18(8-5-9-19)10-6-4-7-10/h10,19H,3-9,15H2,1-2H3. The van der Waals surface area contributed by atoms with Gasteiger partial charge in [0.05, 0.1) is 0 Å². The fourth-order valence-corrected chi connectivity index (χ4v) is 3.26. The molecule has 1 saturated carbocycles. The summed E-state index contributed by atoms with van der Waals surface area (Å²) in [7, 11) is 1.93. The molecule has 3 N–H and O–H groups in total. The Labute approximate surface area is 129 Å². The number of hydrogen-bond acceptors (Lipinski definition) is 6. The summed E-state index contributed by atoms with van der Waals surface area (Å²) in [5.74, 6) is 0.271. The lowest BCUT2D eigenvalue weighted by Crippen LogP contribution is -2.44. The van der Waals surface area contributed by atoms with Gasteiger partial charge in [-0.3, -0.25) is 4.79 Å². The van der Waals surface area contributed by atoms with Crippen molar-refractivity contribution in [2.75, 3.05) is 37.4 Å². The first-order chi connectivity index (χ1) is 10.1. The second kappa shape index (κ2) is 7.09. The minimum Gasteiger partial charge on any atom is -0.396 e. The fraction of sp³-hybridized carbons (Fsp3) is 0.714. The van der Waals surface area contributed by atoms with Crippen LogP contribution in [0.3, 0.4) is 0 Å². The first-order valence-electron chi connectivity index (χ1n) is 7.47. The van der Waals surface area contributed by atoms with Gasteiger partial charge in [-0.2, -0.15) is 0 Å². The summed E-state index contributed by atoms with van der Waals surface area (Å²) in [6, 6.07) is 0.290. The average molecular weight is 312 g/mol. The number of thiazole rings is 1. The molecule has 1 aliphatic rings. The van der Waals surface area contributed by atoms with Gasteiger partial charge in [-0.15, -0.1) is 0 Å². The van der Waals surface area contributed by atoms with Gasteiger partial charge in [0, 0.05) is 32.8 Å². The van der Waals surface area contributed by atoms with Gasteiger partial charge in [-0.1, -0.05) is 11.3 Å². The van der Waals surface area contributed by atoms with Gasteiger partial charge in [-0.05, 0) is 32.6 Å². The van der Waals surface area contributed by atoms with Crippen LogP contribution in [0.15, 0.2) is 0 Å². The smallest absolute Gasteiger partial charge is 0.268 e. The van der Waals surface area contributed by atoms with Crippen LogP contribution in [0.25, 0.3) is 0 Å². The molecular formula is C14H24N4O2S.